The van der Waals surface area contributed by atoms with E-state index in [0.717, 1.165) is 23.3 Å². The van der Waals surface area contributed by atoms with Crippen LogP contribution in [0.5, 0.6) is 5.75 Å². The third kappa shape index (κ3) is 4.03. The van der Waals surface area contributed by atoms with E-state index in [2.05, 4.69) is 5.32 Å². The minimum absolute atomic E-state index is 0.0517. The molecule has 1 aromatic rings. The predicted octanol–water partition coefficient (Wildman–Crippen LogP) is 2.83. The average Bonchev–Trinajstić information content (AvgIpc) is 2.41. The third-order valence-electron chi connectivity index (χ3n) is 4.56. The summed E-state index contributed by atoms with van der Waals surface area (Å²) < 4.78 is 5.82. The third-order valence-corrected chi connectivity index (χ3v) is 4.56. The van der Waals surface area contributed by atoms with Crippen molar-refractivity contribution in [3.63, 3.8) is 0 Å². The van der Waals surface area contributed by atoms with E-state index in [1.54, 1.807) is 0 Å². The number of aliphatic carboxylic acids is 1. The number of carboxylic acid groups (broad SMARTS) is 1. The Morgan fingerprint density at radius 3 is 2.39 bits per heavy atom. The first kappa shape index (κ1) is 17.3. The van der Waals surface area contributed by atoms with Crippen molar-refractivity contribution in [2.45, 2.75) is 52.5 Å². The lowest BCUT2D eigenvalue weighted by Crippen LogP contribution is -2.45. The Kier molecular flexibility index (Phi) is 5.29. The molecular formula is C18H25NO4. The highest BCUT2D eigenvalue weighted by atomic mass is 16.5. The molecule has 5 nitrogen and oxygen atoms in total. The summed E-state index contributed by atoms with van der Waals surface area (Å²) in [4.78, 5) is 23.4. The highest BCUT2D eigenvalue weighted by Crippen LogP contribution is 2.44. The summed E-state index contributed by atoms with van der Waals surface area (Å²) in [6, 6.07) is 5.78. The fourth-order valence-electron chi connectivity index (χ4n) is 2.98. The fourth-order valence-corrected chi connectivity index (χ4v) is 2.98. The van der Waals surface area contributed by atoms with Gasteiger partial charge in [0.1, 0.15) is 12.4 Å². The Morgan fingerprint density at radius 1 is 1.30 bits per heavy atom. The molecule has 0 heterocycles. The molecule has 1 saturated carbocycles. The first-order valence-electron chi connectivity index (χ1n) is 8.06. The van der Waals surface area contributed by atoms with Gasteiger partial charge in [-0.3, -0.25) is 9.59 Å². The molecule has 0 aromatic heterocycles. The van der Waals surface area contributed by atoms with Crippen molar-refractivity contribution in [3.05, 3.63) is 29.3 Å². The van der Waals surface area contributed by atoms with E-state index >= 15 is 0 Å². The summed E-state index contributed by atoms with van der Waals surface area (Å²) in [7, 11) is 0. The van der Waals surface area contributed by atoms with Gasteiger partial charge in [-0.1, -0.05) is 24.6 Å². The van der Waals surface area contributed by atoms with Gasteiger partial charge in [-0.05, 0) is 44.7 Å². The standard InChI is InChI=1S/C18H25NO4/c1-12-6-4-7-13(2)16(12)23-11-14(3)19-15(20)10-18(17(21)22)8-5-9-18/h4,6-7,14H,5,8-11H2,1-3H3,(H,19,20)(H,21,22). The summed E-state index contributed by atoms with van der Waals surface area (Å²) in [5.41, 5.74) is 1.27. The number of carboxylic acids is 1. The number of hydrogen-bond acceptors (Lipinski definition) is 3. The van der Waals surface area contributed by atoms with Crippen LogP contribution in [-0.2, 0) is 9.59 Å². The van der Waals surface area contributed by atoms with E-state index in [1.807, 2.05) is 39.0 Å². The number of carbonyl (C=O) groups excluding carboxylic acids is 1. The van der Waals surface area contributed by atoms with Gasteiger partial charge in [0, 0.05) is 6.42 Å². The zero-order valence-corrected chi connectivity index (χ0v) is 14.0. The molecule has 1 atom stereocenters. The van der Waals surface area contributed by atoms with Gasteiger partial charge in [0.15, 0.2) is 0 Å². The Morgan fingerprint density at radius 2 is 1.91 bits per heavy atom. The Labute approximate surface area is 137 Å². The average molecular weight is 319 g/mol. The summed E-state index contributed by atoms with van der Waals surface area (Å²) in [5.74, 6) is -0.238. The van der Waals surface area contributed by atoms with Crippen LogP contribution in [0.2, 0.25) is 0 Å². The molecule has 0 aliphatic heterocycles. The number of para-hydroxylation sites is 1. The van der Waals surface area contributed by atoms with Crippen LogP contribution >= 0.6 is 0 Å². The quantitative estimate of drug-likeness (QED) is 0.810. The van der Waals surface area contributed by atoms with E-state index in [0.29, 0.717) is 19.4 Å². The van der Waals surface area contributed by atoms with Gasteiger partial charge in [-0.15, -0.1) is 0 Å². The van der Waals surface area contributed by atoms with Crippen LogP contribution in [0.15, 0.2) is 18.2 Å². The van der Waals surface area contributed by atoms with E-state index in [1.165, 1.54) is 0 Å². The van der Waals surface area contributed by atoms with Gasteiger partial charge in [-0.25, -0.2) is 0 Å². The molecule has 0 radical (unpaired) electrons. The Balaban J connectivity index is 1.84. The van der Waals surface area contributed by atoms with Crippen molar-refractivity contribution in [2.24, 2.45) is 5.41 Å². The van der Waals surface area contributed by atoms with Crippen LogP contribution in [0, 0.1) is 19.3 Å². The maximum atomic E-state index is 12.1. The van der Waals surface area contributed by atoms with Crippen molar-refractivity contribution in [3.8, 4) is 5.75 Å². The number of aryl methyl sites for hydroxylation is 2. The summed E-state index contributed by atoms with van der Waals surface area (Å²) >= 11 is 0. The summed E-state index contributed by atoms with van der Waals surface area (Å²) in [6.07, 6.45) is 2.10. The van der Waals surface area contributed by atoms with Crippen LogP contribution in [0.4, 0.5) is 0 Å². The molecule has 0 bridgehead atoms. The van der Waals surface area contributed by atoms with Crippen LogP contribution in [0.1, 0.15) is 43.7 Å². The molecule has 1 aromatic carbocycles. The maximum absolute atomic E-state index is 12.1. The highest BCUT2D eigenvalue weighted by molar-refractivity contribution is 5.85. The second kappa shape index (κ2) is 7.02. The van der Waals surface area contributed by atoms with Crippen molar-refractivity contribution in [2.75, 3.05) is 6.61 Å². The van der Waals surface area contributed by atoms with Crippen molar-refractivity contribution < 1.29 is 19.4 Å². The zero-order valence-electron chi connectivity index (χ0n) is 14.0. The number of benzene rings is 1. The van der Waals surface area contributed by atoms with Crippen molar-refractivity contribution in [1.29, 1.82) is 0 Å². The number of rotatable bonds is 7. The molecule has 23 heavy (non-hydrogen) atoms. The van der Waals surface area contributed by atoms with E-state index in [-0.39, 0.29) is 18.4 Å². The molecular weight excluding hydrogens is 294 g/mol. The zero-order chi connectivity index (χ0) is 17.0. The second-order valence-corrected chi connectivity index (χ2v) is 6.62. The lowest BCUT2D eigenvalue weighted by Gasteiger charge is -2.37. The van der Waals surface area contributed by atoms with Gasteiger partial charge >= 0.3 is 5.97 Å². The van der Waals surface area contributed by atoms with Gasteiger partial charge < -0.3 is 15.2 Å². The van der Waals surface area contributed by atoms with E-state index in [4.69, 9.17) is 4.74 Å². The molecule has 1 aliphatic rings. The molecule has 1 amide bonds. The molecule has 1 unspecified atom stereocenters. The summed E-state index contributed by atoms with van der Waals surface area (Å²) in [5, 5.41) is 12.1. The topological polar surface area (TPSA) is 75.6 Å². The largest absolute Gasteiger partial charge is 0.491 e. The lowest BCUT2D eigenvalue weighted by molar-refractivity contribution is -0.157. The molecule has 0 saturated heterocycles. The lowest BCUT2D eigenvalue weighted by atomic mass is 9.66. The monoisotopic (exact) mass is 319 g/mol. The van der Waals surface area contributed by atoms with Crippen LogP contribution in [0.25, 0.3) is 0 Å². The van der Waals surface area contributed by atoms with Gasteiger partial charge in [-0.2, -0.15) is 0 Å². The fraction of sp³-hybridized carbons (Fsp3) is 0.556. The number of carbonyl (C=O) groups is 2. The highest BCUT2D eigenvalue weighted by Gasteiger charge is 2.45. The molecule has 2 rings (SSSR count). The van der Waals surface area contributed by atoms with E-state index in [9.17, 15) is 14.7 Å². The normalized spacial score (nSPS) is 17.0. The number of nitrogens with one attached hydrogen (secondary N) is 1. The predicted molar refractivity (Wildman–Crippen MR) is 87.6 cm³/mol. The summed E-state index contributed by atoms with van der Waals surface area (Å²) in [6.45, 7) is 6.19. The smallest absolute Gasteiger partial charge is 0.310 e. The minimum Gasteiger partial charge on any atom is -0.491 e. The van der Waals surface area contributed by atoms with Crippen LogP contribution in [-0.4, -0.2) is 29.6 Å². The van der Waals surface area contributed by atoms with Crippen LogP contribution < -0.4 is 10.1 Å². The Bertz CT molecular complexity index is 572. The number of ether oxygens (including phenoxy) is 1. The first-order chi connectivity index (χ1) is 10.8. The molecule has 1 aliphatic carbocycles. The number of hydrogen-bond donors (Lipinski definition) is 2. The van der Waals surface area contributed by atoms with Gasteiger partial charge in [0.2, 0.25) is 5.91 Å². The van der Waals surface area contributed by atoms with E-state index < -0.39 is 11.4 Å². The number of amides is 1. The SMILES string of the molecule is Cc1cccc(C)c1OCC(C)NC(=O)CC1(C(=O)O)CCC1. The maximum Gasteiger partial charge on any atom is 0.310 e. The second-order valence-electron chi connectivity index (χ2n) is 6.62. The van der Waals surface area contributed by atoms with Crippen LogP contribution in [0.3, 0.4) is 0 Å². The first-order valence-corrected chi connectivity index (χ1v) is 8.06. The molecule has 126 valence electrons. The molecule has 0 spiro atoms. The molecule has 2 N–H and O–H groups in total. The van der Waals surface area contributed by atoms with Crippen molar-refractivity contribution in [1.82, 2.24) is 5.32 Å². The van der Waals surface area contributed by atoms with Gasteiger partial charge in [0.05, 0.1) is 11.5 Å². The Hall–Kier alpha value is -2.04. The van der Waals surface area contributed by atoms with Crippen molar-refractivity contribution >= 4 is 11.9 Å². The molecule has 1 fully saturated rings. The van der Waals surface area contributed by atoms with Gasteiger partial charge in [0.25, 0.3) is 0 Å². The molecule has 5 heteroatoms. The minimum atomic E-state index is -0.863.